The lowest BCUT2D eigenvalue weighted by molar-refractivity contribution is -0.155. The third-order valence-corrected chi connectivity index (χ3v) is 20.8. The summed E-state index contributed by atoms with van der Waals surface area (Å²) in [4.78, 5) is 30.7. The Kier molecular flexibility index (Phi) is 13.5. The number of fused-ring (bicyclic) bond motifs is 5. The highest BCUT2D eigenvalue weighted by molar-refractivity contribution is 5.87. The Morgan fingerprint density at radius 2 is 0.598 bits per heavy atom. The second kappa shape index (κ2) is 22.4. The van der Waals surface area contributed by atoms with E-state index in [2.05, 4.69) is 282 Å². The fourth-order valence-electron chi connectivity index (χ4n) is 15.9. The third-order valence-electron chi connectivity index (χ3n) is 20.8. The fraction of sp³-hybridized carbons (Fsp3) is 0.163. The molecule has 5 unspecified atom stereocenters. The monoisotopic (exact) mass is 1180 g/mol. The number of aryl methyl sites for hydroxylation is 4. The minimum absolute atomic E-state index is 0.456. The zero-order valence-corrected chi connectivity index (χ0v) is 52.3. The summed E-state index contributed by atoms with van der Waals surface area (Å²) in [5.74, 6) is 6.85. The second-order valence-electron chi connectivity index (χ2n) is 26.7. The van der Waals surface area contributed by atoms with Crippen LogP contribution in [0.15, 0.2) is 255 Å². The van der Waals surface area contributed by atoms with Crippen molar-refractivity contribution in [2.75, 3.05) is 0 Å². The van der Waals surface area contributed by atoms with E-state index in [0.717, 1.165) is 89.7 Å². The van der Waals surface area contributed by atoms with Crippen LogP contribution in [-0.4, -0.2) is 29.9 Å². The summed E-state index contributed by atoms with van der Waals surface area (Å²) >= 11 is 0. The van der Waals surface area contributed by atoms with E-state index in [1.54, 1.807) is 5.56 Å². The van der Waals surface area contributed by atoms with Gasteiger partial charge in [-0.2, -0.15) is 0 Å². The highest BCUT2D eigenvalue weighted by Gasteiger charge is 2.67. The Bertz CT molecular complexity index is 4660. The van der Waals surface area contributed by atoms with Crippen LogP contribution in [0.4, 0.5) is 0 Å². The van der Waals surface area contributed by atoms with Crippen LogP contribution in [0.2, 0.25) is 0 Å². The van der Waals surface area contributed by atoms with Crippen LogP contribution < -0.4 is 0 Å². The largest absolute Gasteiger partial charge is 0.208 e. The van der Waals surface area contributed by atoms with Crippen molar-refractivity contribution in [3.8, 4) is 135 Å². The fourth-order valence-corrected chi connectivity index (χ4v) is 15.9. The Morgan fingerprint density at radius 1 is 0.272 bits per heavy atom. The lowest BCUT2D eigenvalue weighted by Crippen LogP contribution is -2.59. The molecule has 5 aliphatic carbocycles. The van der Waals surface area contributed by atoms with Gasteiger partial charge < -0.3 is 0 Å². The Balaban J connectivity index is 0.774. The molecule has 0 amide bonds. The first-order chi connectivity index (χ1) is 45.1. The second-order valence-corrected chi connectivity index (χ2v) is 26.7. The maximum atomic E-state index is 5.15. The molecule has 4 fully saturated rings. The quantitative estimate of drug-likeness (QED) is 0.128. The highest BCUT2D eigenvalue weighted by atomic mass is 15.0. The molecule has 3 bridgehead atoms. The number of hydrogen-bond donors (Lipinski definition) is 0. The summed E-state index contributed by atoms with van der Waals surface area (Å²) in [5, 5.41) is 0. The molecule has 2 heterocycles. The normalized spacial score (nSPS) is 18.3. The van der Waals surface area contributed by atoms with Gasteiger partial charge in [0.25, 0.3) is 0 Å². The van der Waals surface area contributed by atoms with Crippen molar-refractivity contribution in [2.45, 2.75) is 71.6 Å². The number of hydrogen-bond acceptors (Lipinski definition) is 6. The van der Waals surface area contributed by atoms with Crippen LogP contribution in [0.5, 0.6) is 0 Å². The van der Waals surface area contributed by atoms with E-state index >= 15 is 0 Å². The first-order valence-electron chi connectivity index (χ1n) is 32.7. The van der Waals surface area contributed by atoms with Gasteiger partial charge in [0, 0.05) is 33.4 Å². The molecule has 5 aliphatic rings. The van der Waals surface area contributed by atoms with Gasteiger partial charge in [-0.25, -0.2) is 29.9 Å². The SMILES string of the molecule is Cc1ccc(-c2nc(-c3ccc(C)cc3)nc(-c3cccc(-c4cccc(-c5cc(-c6cccc(-c7cccc(-c8nc(-c9ccc(C)cc9)nc(-c9ccc(C)cc9)n8)c7)c6)cc(-c6ccc7c(c6)C6CCC8CC9(C6)C(CC89)c6ccccc6-7)c5)c4)c3)n2)cc1. The smallest absolute Gasteiger partial charge is 0.164 e. The van der Waals surface area contributed by atoms with Crippen molar-refractivity contribution < 1.29 is 0 Å². The van der Waals surface area contributed by atoms with Crippen molar-refractivity contribution >= 4 is 0 Å². The van der Waals surface area contributed by atoms with E-state index in [4.69, 9.17) is 29.9 Å². The molecular formula is C86H68N6. The summed E-state index contributed by atoms with van der Waals surface area (Å²) < 4.78 is 0. The van der Waals surface area contributed by atoms with E-state index in [9.17, 15) is 0 Å². The lowest BCUT2D eigenvalue weighted by atomic mass is 9.35. The molecule has 13 aromatic rings. The zero-order chi connectivity index (χ0) is 61.6. The van der Waals surface area contributed by atoms with Crippen molar-refractivity contribution in [3.63, 3.8) is 0 Å². The van der Waals surface area contributed by atoms with E-state index in [-0.39, 0.29) is 0 Å². The molecule has 6 heteroatoms. The Labute approximate surface area is 539 Å². The molecule has 92 heavy (non-hydrogen) atoms. The Morgan fingerprint density at radius 3 is 1.01 bits per heavy atom. The van der Waals surface area contributed by atoms with Gasteiger partial charge in [0.2, 0.25) is 0 Å². The van der Waals surface area contributed by atoms with Crippen LogP contribution in [0, 0.1) is 44.9 Å². The minimum atomic E-state index is 0.456. The molecule has 1 spiro atoms. The zero-order valence-electron chi connectivity index (χ0n) is 52.3. The first-order valence-corrected chi connectivity index (χ1v) is 32.7. The number of rotatable bonds is 11. The average Bonchev–Trinajstić information content (AvgIpc) is 1.20. The van der Waals surface area contributed by atoms with E-state index in [1.807, 2.05) is 0 Å². The van der Waals surface area contributed by atoms with Crippen molar-refractivity contribution in [1.29, 1.82) is 0 Å². The predicted molar refractivity (Wildman–Crippen MR) is 375 cm³/mol. The average molecular weight is 1190 g/mol. The molecule has 0 N–H and O–H groups in total. The summed E-state index contributed by atoms with van der Waals surface area (Å²) in [7, 11) is 0. The maximum absolute atomic E-state index is 5.15. The summed E-state index contributed by atoms with van der Waals surface area (Å²) in [6, 6.07) is 93.2. The van der Waals surface area contributed by atoms with Gasteiger partial charge in [0.1, 0.15) is 0 Å². The summed E-state index contributed by atoms with van der Waals surface area (Å²) in [6.45, 7) is 8.40. The van der Waals surface area contributed by atoms with Crippen molar-refractivity contribution in [2.24, 2.45) is 17.3 Å². The maximum Gasteiger partial charge on any atom is 0.164 e. The van der Waals surface area contributed by atoms with Gasteiger partial charge in [-0.3, -0.25) is 0 Å². The molecule has 11 aromatic carbocycles. The van der Waals surface area contributed by atoms with Crippen LogP contribution >= 0.6 is 0 Å². The molecule has 442 valence electrons. The molecule has 0 radical (unpaired) electrons. The molecular weight excluding hydrogens is 1120 g/mol. The van der Waals surface area contributed by atoms with Crippen LogP contribution in [0.1, 0.15) is 77.3 Å². The van der Waals surface area contributed by atoms with Gasteiger partial charge in [-0.1, -0.05) is 235 Å². The van der Waals surface area contributed by atoms with Crippen LogP contribution in [0.3, 0.4) is 0 Å². The van der Waals surface area contributed by atoms with E-state index < -0.39 is 0 Å². The van der Waals surface area contributed by atoms with E-state index in [0.29, 0.717) is 52.2 Å². The molecule has 0 saturated heterocycles. The van der Waals surface area contributed by atoms with E-state index in [1.165, 1.54) is 82.2 Å². The van der Waals surface area contributed by atoms with Crippen molar-refractivity contribution in [1.82, 2.24) is 29.9 Å². The van der Waals surface area contributed by atoms with Gasteiger partial charge in [0.15, 0.2) is 34.9 Å². The molecule has 18 rings (SSSR count). The summed E-state index contributed by atoms with van der Waals surface area (Å²) in [5.41, 5.74) is 28.3. The van der Waals surface area contributed by atoms with Crippen molar-refractivity contribution in [3.05, 3.63) is 288 Å². The van der Waals surface area contributed by atoms with Gasteiger partial charge in [0.05, 0.1) is 0 Å². The topological polar surface area (TPSA) is 77.3 Å². The van der Waals surface area contributed by atoms with Gasteiger partial charge in [-0.15, -0.1) is 0 Å². The first kappa shape index (κ1) is 55.5. The minimum Gasteiger partial charge on any atom is -0.208 e. The van der Waals surface area contributed by atoms with Crippen LogP contribution in [-0.2, 0) is 0 Å². The molecule has 2 aromatic heterocycles. The van der Waals surface area contributed by atoms with Gasteiger partial charge in [-0.05, 0) is 209 Å². The van der Waals surface area contributed by atoms with Gasteiger partial charge >= 0.3 is 0 Å². The molecule has 6 nitrogen and oxygen atoms in total. The molecule has 5 atom stereocenters. The predicted octanol–water partition coefficient (Wildman–Crippen LogP) is 21.7. The third kappa shape index (κ3) is 10.1. The lowest BCUT2D eigenvalue weighted by Gasteiger charge is -2.69. The standard InChI is InChI=1S/C86H68N6/c1-52-21-29-56(30-22-52)80-87-81(57-31-23-53(2)24-32-57)90-84(89-80)67-17-9-13-62(43-67)60-11-7-15-64(41-60)71-45-72(47-73(46-71)66-39-40-75-74-19-5-6-20-76(74)79-49-78-70-38-37-69(77(75)48-66)50-86(78,79)51-70)65-16-8-12-61(42-65)63-14-10-18-68(44-63)85-91-82(58-33-25-54(3)26-34-58)88-83(92-85)59-35-27-55(4)28-36-59/h5-36,39-48,69-70,78-79H,37-38,49-51H2,1-4H3. The highest BCUT2D eigenvalue weighted by Crippen LogP contribution is 2.77. The Hall–Kier alpha value is -10.6. The number of aromatic nitrogens is 6. The van der Waals surface area contributed by atoms with Crippen LogP contribution in [0.25, 0.3) is 135 Å². The molecule has 4 saturated carbocycles. The number of nitrogens with zero attached hydrogens (tertiary/aromatic N) is 6. The molecule has 0 aliphatic heterocycles. The summed E-state index contributed by atoms with van der Waals surface area (Å²) in [6.07, 6.45) is 6.69. The number of benzene rings is 11.